The topological polar surface area (TPSA) is 64.8 Å². The van der Waals surface area contributed by atoms with Crippen molar-refractivity contribution in [2.45, 2.75) is 19.5 Å². The number of ether oxygens (including phenoxy) is 2. The van der Waals surface area contributed by atoms with Gasteiger partial charge in [0, 0.05) is 30.2 Å². The van der Waals surface area contributed by atoms with E-state index in [1.165, 1.54) is 0 Å². The monoisotopic (exact) mass is 362 g/mol. The zero-order valence-electron chi connectivity index (χ0n) is 14.4. The summed E-state index contributed by atoms with van der Waals surface area (Å²) in [5.74, 6) is 2.95. The van der Waals surface area contributed by atoms with Gasteiger partial charge in [-0.1, -0.05) is 0 Å². The second-order valence-corrected chi connectivity index (χ2v) is 6.84. The predicted molar refractivity (Wildman–Crippen MR) is 96.6 cm³/mol. The Morgan fingerprint density at radius 1 is 1.40 bits per heavy atom. The third kappa shape index (κ3) is 4.35. The van der Waals surface area contributed by atoms with Crippen LogP contribution in [0.3, 0.4) is 0 Å². The molecule has 0 saturated carbocycles. The Labute approximate surface area is 151 Å². The molecule has 1 atom stereocenters. The second kappa shape index (κ2) is 8.40. The van der Waals surface area contributed by atoms with Crippen LogP contribution in [0.4, 0.5) is 0 Å². The van der Waals surface area contributed by atoms with Gasteiger partial charge in [-0.05, 0) is 31.2 Å². The van der Waals surface area contributed by atoms with Crippen molar-refractivity contribution in [3.05, 3.63) is 36.2 Å². The maximum absolute atomic E-state index is 12.2. The van der Waals surface area contributed by atoms with Crippen molar-refractivity contribution < 1.29 is 18.7 Å². The predicted octanol–water partition coefficient (Wildman–Crippen LogP) is 2.83. The van der Waals surface area contributed by atoms with E-state index in [4.69, 9.17) is 13.9 Å². The van der Waals surface area contributed by atoms with E-state index in [2.05, 4.69) is 9.88 Å². The summed E-state index contributed by atoms with van der Waals surface area (Å²) < 4.78 is 16.0. The second-order valence-electron chi connectivity index (χ2n) is 5.69. The van der Waals surface area contributed by atoms with Crippen LogP contribution in [0.2, 0.25) is 0 Å². The summed E-state index contributed by atoms with van der Waals surface area (Å²) >= 11 is 1.78. The first-order valence-electron chi connectivity index (χ1n) is 8.28. The molecule has 134 valence electrons. The van der Waals surface area contributed by atoms with Gasteiger partial charge in [-0.15, -0.1) is 0 Å². The summed E-state index contributed by atoms with van der Waals surface area (Å²) in [4.78, 5) is 18.8. The average molecular weight is 362 g/mol. The number of esters is 1. The van der Waals surface area contributed by atoms with Gasteiger partial charge < -0.3 is 13.9 Å². The number of benzene rings is 1. The van der Waals surface area contributed by atoms with Gasteiger partial charge in [0.25, 0.3) is 0 Å². The molecule has 0 radical (unpaired) electrons. The van der Waals surface area contributed by atoms with E-state index < -0.39 is 0 Å². The number of nitrogens with zero attached hydrogens (tertiary/aromatic N) is 2. The van der Waals surface area contributed by atoms with Crippen molar-refractivity contribution in [1.82, 2.24) is 9.88 Å². The minimum Gasteiger partial charge on any atom is -0.497 e. The molecule has 2 heterocycles. The van der Waals surface area contributed by atoms with Gasteiger partial charge in [0.2, 0.25) is 5.89 Å². The van der Waals surface area contributed by atoms with E-state index in [0.29, 0.717) is 19.0 Å². The molecule has 6 nitrogen and oxygen atoms in total. The molecule has 1 aromatic carbocycles. The molecule has 0 N–H and O–H groups in total. The van der Waals surface area contributed by atoms with Crippen LogP contribution in [0, 0.1) is 0 Å². The minimum atomic E-state index is -0.222. The highest BCUT2D eigenvalue weighted by Crippen LogP contribution is 2.24. The number of carbonyl (C=O) groups excluding carboxylic acids is 1. The quantitative estimate of drug-likeness (QED) is 0.732. The van der Waals surface area contributed by atoms with Gasteiger partial charge in [-0.3, -0.25) is 9.69 Å². The summed E-state index contributed by atoms with van der Waals surface area (Å²) in [7, 11) is 1.63. The first-order chi connectivity index (χ1) is 12.2. The molecule has 1 aliphatic heterocycles. The van der Waals surface area contributed by atoms with E-state index >= 15 is 0 Å². The highest BCUT2D eigenvalue weighted by atomic mass is 32.2. The van der Waals surface area contributed by atoms with Crippen molar-refractivity contribution in [1.29, 1.82) is 0 Å². The van der Waals surface area contributed by atoms with Crippen LogP contribution in [-0.4, -0.2) is 53.7 Å². The number of aromatic nitrogens is 1. The lowest BCUT2D eigenvalue weighted by Gasteiger charge is -2.32. The molecule has 0 amide bonds. The number of hydrogen-bond acceptors (Lipinski definition) is 7. The molecule has 1 saturated heterocycles. The van der Waals surface area contributed by atoms with Gasteiger partial charge in [0.05, 0.1) is 19.4 Å². The van der Waals surface area contributed by atoms with Crippen molar-refractivity contribution in [3.63, 3.8) is 0 Å². The summed E-state index contributed by atoms with van der Waals surface area (Å²) in [5, 5.41) is 0. The molecule has 0 unspecified atom stereocenters. The largest absolute Gasteiger partial charge is 0.497 e. The molecular formula is C18H22N2O4S. The van der Waals surface area contributed by atoms with E-state index in [1.54, 1.807) is 25.1 Å². The Balaban J connectivity index is 1.69. The summed E-state index contributed by atoms with van der Waals surface area (Å²) in [6.45, 7) is 3.64. The normalized spacial score (nSPS) is 18.1. The van der Waals surface area contributed by atoms with Crippen molar-refractivity contribution in [3.8, 4) is 17.2 Å². The van der Waals surface area contributed by atoms with Crippen molar-refractivity contribution in [2.75, 3.05) is 31.8 Å². The van der Waals surface area contributed by atoms with Crippen LogP contribution in [0.15, 0.2) is 34.9 Å². The molecule has 3 rings (SSSR count). The van der Waals surface area contributed by atoms with Crippen LogP contribution in [-0.2, 0) is 16.1 Å². The van der Waals surface area contributed by atoms with E-state index in [-0.39, 0.29) is 12.0 Å². The number of rotatable bonds is 6. The van der Waals surface area contributed by atoms with E-state index in [9.17, 15) is 4.79 Å². The zero-order valence-corrected chi connectivity index (χ0v) is 15.3. The van der Waals surface area contributed by atoms with Gasteiger partial charge in [0.1, 0.15) is 18.1 Å². The Kier molecular flexibility index (Phi) is 5.99. The molecule has 0 aliphatic carbocycles. The molecule has 25 heavy (non-hydrogen) atoms. The molecule has 1 aromatic heterocycles. The first kappa shape index (κ1) is 17.8. The number of hydrogen-bond donors (Lipinski definition) is 0. The molecule has 1 fully saturated rings. The molecule has 7 heteroatoms. The fourth-order valence-corrected chi connectivity index (χ4v) is 3.84. The maximum Gasteiger partial charge on any atom is 0.324 e. The first-order valence-corrected chi connectivity index (χ1v) is 9.44. The highest BCUT2D eigenvalue weighted by molar-refractivity contribution is 7.99. The SMILES string of the molecule is CCOC(=O)[C@H]1CSCCN1Cc1coc(-c2ccc(OC)cc2)n1. The molecule has 0 spiro atoms. The van der Waals surface area contributed by atoms with E-state index in [1.807, 2.05) is 31.2 Å². The lowest BCUT2D eigenvalue weighted by molar-refractivity contribution is -0.148. The number of methoxy groups -OCH3 is 1. The summed E-state index contributed by atoms with van der Waals surface area (Å²) in [6.07, 6.45) is 1.66. The van der Waals surface area contributed by atoms with Crippen molar-refractivity contribution >= 4 is 17.7 Å². The van der Waals surface area contributed by atoms with Gasteiger partial charge in [-0.25, -0.2) is 4.98 Å². The third-order valence-electron chi connectivity index (χ3n) is 4.05. The van der Waals surface area contributed by atoms with Gasteiger partial charge in [-0.2, -0.15) is 11.8 Å². The molecular weight excluding hydrogens is 340 g/mol. The van der Waals surface area contributed by atoms with Gasteiger partial charge >= 0.3 is 5.97 Å². The molecule has 2 aromatic rings. The molecule has 0 bridgehead atoms. The lowest BCUT2D eigenvalue weighted by atomic mass is 10.2. The average Bonchev–Trinajstić information content (AvgIpc) is 3.11. The zero-order chi connectivity index (χ0) is 17.6. The Morgan fingerprint density at radius 2 is 2.20 bits per heavy atom. The van der Waals surface area contributed by atoms with Crippen molar-refractivity contribution in [2.24, 2.45) is 0 Å². The van der Waals surface area contributed by atoms with Crippen LogP contribution < -0.4 is 4.74 Å². The Bertz CT molecular complexity index is 701. The smallest absolute Gasteiger partial charge is 0.324 e. The Morgan fingerprint density at radius 3 is 2.92 bits per heavy atom. The number of carbonyl (C=O) groups is 1. The number of oxazole rings is 1. The fourth-order valence-electron chi connectivity index (χ4n) is 2.74. The number of thioether (sulfide) groups is 1. The standard InChI is InChI=1S/C18H22N2O4S/c1-3-23-18(21)16-12-25-9-8-20(16)10-14-11-24-17(19-14)13-4-6-15(22-2)7-5-13/h4-7,11,16H,3,8-10,12H2,1-2H3/t16-/m1/s1. The Hall–Kier alpha value is -1.99. The molecule has 1 aliphatic rings. The van der Waals surface area contributed by atoms with Gasteiger partial charge in [0.15, 0.2) is 0 Å². The van der Waals surface area contributed by atoms with Crippen LogP contribution >= 0.6 is 11.8 Å². The minimum absolute atomic E-state index is 0.159. The lowest BCUT2D eigenvalue weighted by Crippen LogP contribution is -2.47. The third-order valence-corrected chi connectivity index (χ3v) is 5.07. The fraction of sp³-hybridized carbons (Fsp3) is 0.444. The van der Waals surface area contributed by atoms with Crippen LogP contribution in [0.1, 0.15) is 12.6 Å². The summed E-state index contributed by atoms with van der Waals surface area (Å²) in [6, 6.07) is 7.34. The summed E-state index contributed by atoms with van der Waals surface area (Å²) in [5.41, 5.74) is 1.70. The van der Waals surface area contributed by atoms with E-state index in [0.717, 1.165) is 35.1 Å². The highest BCUT2D eigenvalue weighted by Gasteiger charge is 2.30. The van der Waals surface area contributed by atoms with Crippen LogP contribution in [0.25, 0.3) is 11.5 Å². The maximum atomic E-state index is 12.2. The van der Waals surface area contributed by atoms with Crippen LogP contribution in [0.5, 0.6) is 5.75 Å².